The highest BCUT2D eigenvalue weighted by atomic mass is 16.3. The minimum Gasteiger partial charge on any atom is -0.508 e. The molecule has 2 rings (SSSR count). The minimum atomic E-state index is -0.587. The molecule has 0 saturated carbocycles. The lowest BCUT2D eigenvalue weighted by atomic mass is 10.1. The summed E-state index contributed by atoms with van der Waals surface area (Å²) >= 11 is 0. The summed E-state index contributed by atoms with van der Waals surface area (Å²) in [5.74, 6) is 0.0164. The molecule has 1 atom stereocenters. The number of phenols is 1. The highest BCUT2D eigenvalue weighted by molar-refractivity contribution is 5.96. The number of nitrogens with zero attached hydrogens (tertiary/aromatic N) is 1. The maximum absolute atomic E-state index is 12.3. The fourth-order valence-electron chi connectivity index (χ4n) is 2.01. The van der Waals surface area contributed by atoms with Crippen LogP contribution in [0.15, 0.2) is 54.6 Å². The molecule has 1 amide bonds. The van der Waals surface area contributed by atoms with Gasteiger partial charge >= 0.3 is 0 Å². The van der Waals surface area contributed by atoms with Gasteiger partial charge in [-0.3, -0.25) is 4.79 Å². The van der Waals surface area contributed by atoms with E-state index in [1.54, 1.807) is 31.3 Å². The van der Waals surface area contributed by atoms with Crippen molar-refractivity contribution in [1.82, 2.24) is 0 Å². The number of amides is 1. The third-order valence-electron chi connectivity index (χ3n) is 3.18. The molecule has 0 saturated heterocycles. The van der Waals surface area contributed by atoms with E-state index in [2.05, 4.69) is 0 Å². The number of aromatic hydroxyl groups is 1. The third-order valence-corrected chi connectivity index (χ3v) is 3.18. The highest BCUT2D eigenvalue weighted by Crippen LogP contribution is 2.18. The molecule has 3 N–H and O–H groups in total. The maximum Gasteiger partial charge on any atom is 0.243 e. The molecular weight excluding hydrogens is 252 g/mol. The number of rotatable bonds is 4. The first-order valence-corrected chi connectivity index (χ1v) is 6.44. The molecule has 0 fully saturated rings. The Balaban J connectivity index is 2.04. The summed E-state index contributed by atoms with van der Waals surface area (Å²) in [5, 5.41) is 9.25. The Labute approximate surface area is 118 Å². The van der Waals surface area contributed by atoms with Gasteiger partial charge in [0.15, 0.2) is 0 Å². The van der Waals surface area contributed by atoms with Gasteiger partial charge in [0, 0.05) is 12.7 Å². The molecule has 0 aliphatic rings. The van der Waals surface area contributed by atoms with E-state index in [-0.39, 0.29) is 11.7 Å². The topological polar surface area (TPSA) is 66.6 Å². The van der Waals surface area contributed by atoms with Gasteiger partial charge in [0.1, 0.15) is 5.75 Å². The molecule has 0 bridgehead atoms. The predicted octanol–water partition coefficient (Wildman–Crippen LogP) is 1.92. The van der Waals surface area contributed by atoms with E-state index in [1.165, 1.54) is 4.90 Å². The summed E-state index contributed by atoms with van der Waals surface area (Å²) in [6.07, 6.45) is 0.502. The lowest BCUT2D eigenvalue weighted by Gasteiger charge is -2.21. The molecule has 0 aliphatic carbocycles. The summed E-state index contributed by atoms with van der Waals surface area (Å²) in [5.41, 5.74) is 7.72. The highest BCUT2D eigenvalue weighted by Gasteiger charge is 2.19. The van der Waals surface area contributed by atoms with Crippen LogP contribution < -0.4 is 10.6 Å². The van der Waals surface area contributed by atoms with Gasteiger partial charge in [-0.2, -0.15) is 0 Å². The van der Waals surface area contributed by atoms with E-state index in [4.69, 9.17) is 5.73 Å². The predicted molar refractivity (Wildman–Crippen MR) is 79.6 cm³/mol. The molecule has 0 aromatic heterocycles. The summed E-state index contributed by atoms with van der Waals surface area (Å²) in [6, 6.07) is 15.6. The average molecular weight is 270 g/mol. The van der Waals surface area contributed by atoms with Crippen LogP contribution >= 0.6 is 0 Å². The van der Waals surface area contributed by atoms with Crippen molar-refractivity contribution >= 4 is 11.6 Å². The number of anilines is 1. The van der Waals surface area contributed by atoms with Gasteiger partial charge in [-0.25, -0.2) is 0 Å². The molecule has 0 aliphatic heterocycles. The zero-order valence-corrected chi connectivity index (χ0v) is 11.4. The Hall–Kier alpha value is -2.33. The van der Waals surface area contributed by atoms with Crippen molar-refractivity contribution in [2.24, 2.45) is 5.73 Å². The fraction of sp³-hybridized carbons (Fsp3) is 0.188. The molecule has 2 aromatic rings. The van der Waals surface area contributed by atoms with E-state index >= 15 is 0 Å². The number of carbonyl (C=O) groups excluding carboxylic acids is 1. The number of phenolic OH excluding ortho intramolecular Hbond substituents is 1. The number of hydrogen-bond donors (Lipinski definition) is 2. The van der Waals surface area contributed by atoms with Crippen LogP contribution in [-0.2, 0) is 11.2 Å². The van der Waals surface area contributed by atoms with Crippen molar-refractivity contribution < 1.29 is 9.90 Å². The van der Waals surface area contributed by atoms with Crippen molar-refractivity contribution in [3.63, 3.8) is 0 Å². The average Bonchev–Trinajstić information content (AvgIpc) is 2.47. The van der Waals surface area contributed by atoms with Gasteiger partial charge in [0.2, 0.25) is 5.91 Å². The fourth-order valence-corrected chi connectivity index (χ4v) is 2.01. The molecule has 2 aromatic carbocycles. The normalized spacial score (nSPS) is 11.9. The van der Waals surface area contributed by atoms with Crippen molar-refractivity contribution in [3.05, 3.63) is 60.2 Å². The molecule has 0 unspecified atom stereocenters. The van der Waals surface area contributed by atoms with Crippen LogP contribution in [0.2, 0.25) is 0 Å². The summed E-state index contributed by atoms with van der Waals surface area (Å²) in [6.45, 7) is 0. The molecule has 0 heterocycles. The molecule has 20 heavy (non-hydrogen) atoms. The molecule has 0 radical (unpaired) electrons. The molecular formula is C16H18N2O2. The first kappa shape index (κ1) is 14.1. The largest absolute Gasteiger partial charge is 0.508 e. The lowest BCUT2D eigenvalue weighted by molar-refractivity contribution is -0.119. The van der Waals surface area contributed by atoms with Gasteiger partial charge in [-0.05, 0) is 36.2 Å². The number of nitrogens with two attached hydrogens (primary N) is 1. The van der Waals surface area contributed by atoms with E-state index in [0.717, 1.165) is 5.56 Å². The van der Waals surface area contributed by atoms with Gasteiger partial charge < -0.3 is 15.7 Å². The van der Waals surface area contributed by atoms with Crippen molar-refractivity contribution in [2.75, 3.05) is 11.9 Å². The van der Waals surface area contributed by atoms with Crippen LogP contribution in [0.5, 0.6) is 5.75 Å². The Morgan fingerprint density at radius 1 is 1.15 bits per heavy atom. The van der Waals surface area contributed by atoms with E-state index in [0.29, 0.717) is 12.1 Å². The van der Waals surface area contributed by atoms with Crippen molar-refractivity contribution in [3.8, 4) is 5.75 Å². The lowest BCUT2D eigenvalue weighted by Crippen LogP contribution is -2.43. The summed E-state index contributed by atoms with van der Waals surface area (Å²) in [4.78, 5) is 13.8. The quantitative estimate of drug-likeness (QED) is 0.892. The standard InChI is InChI=1S/C16H18N2O2/c1-18(13-7-9-14(19)10-8-13)16(20)15(17)11-12-5-3-2-4-6-12/h2-10,15,19H,11,17H2,1H3/t15-/m0/s1. The van der Waals surface area contributed by atoms with Crippen LogP contribution in [0.4, 0.5) is 5.69 Å². The van der Waals surface area contributed by atoms with Gasteiger partial charge in [-0.1, -0.05) is 30.3 Å². The van der Waals surface area contributed by atoms with Crippen LogP contribution in [-0.4, -0.2) is 24.1 Å². The van der Waals surface area contributed by atoms with Crippen molar-refractivity contribution in [1.29, 1.82) is 0 Å². The first-order valence-electron chi connectivity index (χ1n) is 6.44. The number of hydrogen-bond acceptors (Lipinski definition) is 3. The van der Waals surface area contributed by atoms with Crippen LogP contribution in [0.3, 0.4) is 0 Å². The number of carbonyl (C=O) groups is 1. The summed E-state index contributed by atoms with van der Waals surface area (Å²) in [7, 11) is 1.68. The van der Waals surface area contributed by atoms with Gasteiger partial charge in [0.25, 0.3) is 0 Å². The Morgan fingerprint density at radius 3 is 2.35 bits per heavy atom. The maximum atomic E-state index is 12.3. The second-order valence-corrected chi connectivity index (χ2v) is 4.71. The minimum absolute atomic E-state index is 0.153. The SMILES string of the molecule is CN(C(=O)[C@@H](N)Cc1ccccc1)c1ccc(O)cc1. The van der Waals surface area contributed by atoms with E-state index in [1.807, 2.05) is 30.3 Å². The third kappa shape index (κ3) is 3.36. The van der Waals surface area contributed by atoms with Gasteiger partial charge in [0.05, 0.1) is 6.04 Å². The van der Waals surface area contributed by atoms with E-state index < -0.39 is 6.04 Å². The summed E-state index contributed by atoms with van der Waals surface area (Å²) < 4.78 is 0. The Bertz CT molecular complexity index is 567. The zero-order valence-electron chi connectivity index (χ0n) is 11.4. The molecule has 104 valence electrons. The van der Waals surface area contributed by atoms with Crippen LogP contribution in [0.1, 0.15) is 5.56 Å². The van der Waals surface area contributed by atoms with E-state index in [9.17, 15) is 9.90 Å². The first-order chi connectivity index (χ1) is 9.58. The smallest absolute Gasteiger partial charge is 0.243 e. The Kier molecular flexibility index (Phi) is 4.38. The van der Waals surface area contributed by atoms with Crippen LogP contribution in [0.25, 0.3) is 0 Å². The monoisotopic (exact) mass is 270 g/mol. The second-order valence-electron chi connectivity index (χ2n) is 4.71. The molecule has 4 nitrogen and oxygen atoms in total. The molecule has 4 heteroatoms. The Morgan fingerprint density at radius 2 is 1.75 bits per heavy atom. The van der Waals surface area contributed by atoms with Gasteiger partial charge in [-0.15, -0.1) is 0 Å². The van der Waals surface area contributed by atoms with Crippen molar-refractivity contribution in [2.45, 2.75) is 12.5 Å². The molecule has 0 spiro atoms. The zero-order chi connectivity index (χ0) is 14.5. The number of benzene rings is 2. The van der Waals surface area contributed by atoms with Crippen LogP contribution in [0, 0.1) is 0 Å². The second kappa shape index (κ2) is 6.21. The number of likely N-dealkylation sites (N-methyl/N-ethyl adjacent to an activating group) is 1.